The fourth-order valence-corrected chi connectivity index (χ4v) is 3.10. The topological polar surface area (TPSA) is 73.0 Å². The van der Waals surface area contributed by atoms with E-state index in [0.717, 1.165) is 0 Å². The van der Waals surface area contributed by atoms with Gasteiger partial charge in [0.2, 0.25) is 5.82 Å². The van der Waals surface area contributed by atoms with Crippen LogP contribution in [0, 0.1) is 10.1 Å². The Bertz CT molecular complexity index is 632. The first-order valence-electron chi connectivity index (χ1n) is 6.85. The number of aromatic nitrogens is 2. The number of anilines is 1. The van der Waals surface area contributed by atoms with Gasteiger partial charge < -0.3 is 5.32 Å². The molecule has 0 aliphatic carbocycles. The number of hydrogen-bond acceptors (Lipinski definition) is 5. The first-order chi connectivity index (χ1) is 9.86. The van der Waals surface area contributed by atoms with Crippen molar-refractivity contribution in [3.8, 4) is 0 Å². The molecule has 0 aromatic carbocycles. The normalized spacial score (nSPS) is 11.6. The Labute approximate surface area is 127 Å². The van der Waals surface area contributed by atoms with Gasteiger partial charge in [0.05, 0.1) is 4.92 Å². The molecule has 0 radical (unpaired) electrons. The number of aryl methyl sites for hydroxylation is 2. The molecular weight excluding hydrogens is 288 g/mol. The Morgan fingerprint density at radius 3 is 2.76 bits per heavy atom. The zero-order chi connectivity index (χ0) is 15.6. The van der Waals surface area contributed by atoms with Crippen LogP contribution in [0.4, 0.5) is 11.5 Å². The maximum Gasteiger partial charge on any atom is 0.333 e. The second-order valence-electron chi connectivity index (χ2n) is 5.59. The molecular formula is C14H20N4O2S. The summed E-state index contributed by atoms with van der Waals surface area (Å²) in [5.74, 6) is 0.474. The van der Waals surface area contributed by atoms with Crippen LogP contribution in [-0.4, -0.2) is 21.2 Å². The monoisotopic (exact) mass is 308 g/mol. The highest BCUT2D eigenvalue weighted by Crippen LogP contribution is 2.32. The average Bonchev–Trinajstić information content (AvgIpc) is 3.04. The van der Waals surface area contributed by atoms with E-state index in [0.29, 0.717) is 24.5 Å². The molecule has 114 valence electrons. The molecule has 7 heteroatoms. The van der Waals surface area contributed by atoms with Crippen LogP contribution < -0.4 is 5.32 Å². The Hall–Kier alpha value is -1.89. The number of nitro groups is 1. The quantitative estimate of drug-likeness (QED) is 0.656. The van der Waals surface area contributed by atoms with Crippen molar-refractivity contribution in [1.82, 2.24) is 9.78 Å². The van der Waals surface area contributed by atoms with Gasteiger partial charge in [0.1, 0.15) is 5.69 Å². The smallest absolute Gasteiger partial charge is 0.333 e. The van der Waals surface area contributed by atoms with Crippen LogP contribution in [0.1, 0.15) is 31.3 Å². The van der Waals surface area contributed by atoms with E-state index in [1.807, 2.05) is 18.4 Å². The van der Waals surface area contributed by atoms with E-state index in [4.69, 9.17) is 0 Å². The Kier molecular flexibility index (Phi) is 4.32. The summed E-state index contributed by atoms with van der Waals surface area (Å²) in [7, 11) is 1.73. The summed E-state index contributed by atoms with van der Waals surface area (Å²) >= 11 is 1.69. The van der Waals surface area contributed by atoms with Gasteiger partial charge in [-0.25, -0.2) is 4.68 Å². The first-order valence-corrected chi connectivity index (χ1v) is 7.73. The minimum Gasteiger partial charge on any atom is -0.364 e. The van der Waals surface area contributed by atoms with Crippen molar-refractivity contribution in [1.29, 1.82) is 0 Å². The molecule has 2 heterocycles. The van der Waals surface area contributed by atoms with Crippen LogP contribution in [-0.2, 0) is 18.9 Å². The van der Waals surface area contributed by atoms with Gasteiger partial charge in [0, 0.05) is 23.9 Å². The number of nitrogens with zero attached hydrogens (tertiary/aromatic N) is 3. The maximum absolute atomic E-state index is 11.3. The third-order valence-corrected chi connectivity index (χ3v) is 4.73. The van der Waals surface area contributed by atoms with Crippen LogP contribution in [0.25, 0.3) is 0 Å². The SMILES string of the molecule is CCc1nn(C)c(NCC(C)(C)c2cccs2)c1[N+](=O)[O-]. The number of hydrogen-bond donors (Lipinski definition) is 1. The zero-order valence-corrected chi connectivity index (χ0v) is 13.5. The van der Waals surface area contributed by atoms with E-state index in [1.165, 1.54) is 4.88 Å². The van der Waals surface area contributed by atoms with E-state index in [1.54, 1.807) is 23.1 Å². The molecule has 0 unspecified atom stereocenters. The molecule has 2 aromatic heterocycles. The average molecular weight is 308 g/mol. The predicted octanol–water partition coefficient (Wildman–Crippen LogP) is 3.34. The van der Waals surface area contributed by atoms with Crippen molar-refractivity contribution in [2.24, 2.45) is 7.05 Å². The molecule has 0 aliphatic rings. The number of rotatable bonds is 6. The molecule has 0 spiro atoms. The molecule has 1 N–H and O–H groups in total. The molecule has 0 amide bonds. The van der Waals surface area contributed by atoms with Gasteiger partial charge in [0.25, 0.3) is 0 Å². The standard InChI is InChI=1S/C14H20N4O2S/c1-5-10-12(18(19)20)13(17(4)16-10)15-9-14(2,3)11-7-6-8-21-11/h6-8,15H,5,9H2,1-4H3. The summed E-state index contributed by atoms with van der Waals surface area (Å²) in [4.78, 5) is 12.2. The van der Waals surface area contributed by atoms with Gasteiger partial charge >= 0.3 is 5.69 Å². The van der Waals surface area contributed by atoms with Gasteiger partial charge in [-0.15, -0.1) is 11.3 Å². The van der Waals surface area contributed by atoms with E-state index in [2.05, 4.69) is 30.3 Å². The number of thiophene rings is 1. The second kappa shape index (κ2) is 5.85. The molecule has 2 aromatic rings. The molecule has 0 saturated heterocycles. The Morgan fingerprint density at radius 2 is 2.24 bits per heavy atom. The fraction of sp³-hybridized carbons (Fsp3) is 0.500. The summed E-state index contributed by atoms with van der Waals surface area (Å²) in [5, 5.41) is 20.8. The van der Waals surface area contributed by atoms with Crippen molar-refractivity contribution < 1.29 is 4.92 Å². The largest absolute Gasteiger partial charge is 0.364 e. The van der Waals surface area contributed by atoms with Crippen molar-refractivity contribution in [2.75, 3.05) is 11.9 Å². The lowest BCUT2D eigenvalue weighted by Gasteiger charge is -2.24. The first kappa shape index (κ1) is 15.5. The van der Waals surface area contributed by atoms with Crippen LogP contribution in [0.2, 0.25) is 0 Å². The second-order valence-corrected chi connectivity index (χ2v) is 6.54. The molecule has 6 nitrogen and oxygen atoms in total. The lowest BCUT2D eigenvalue weighted by atomic mass is 9.91. The van der Waals surface area contributed by atoms with Crippen LogP contribution in [0.15, 0.2) is 17.5 Å². The highest BCUT2D eigenvalue weighted by atomic mass is 32.1. The zero-order valence-electron chi connectivity index (χ0n) is 12.7. The van der Waals surface area contributed by atoms with Crippen LogP contribution in [0.5, 0.6) is 0 Å². The molecule has 0 aliphatic heterocycles. The van der Waals surface area contributed by atoms with Crippen molar-refractivity contribution in [2.45, 2.75) is 32.6 Å². The van der Waals surface area contributed by atoms with Crippen LogP contribution in [0.3, 0.4) is 0 Å². The summed E-state index contributed by atoms with van der Waals surface area (Å²) in [6.07, 6.45) is 0.542. The molecule has 2 rings (SSSR count). The maximum atomic E-state index is 11.3. The molecule has 0 saturated carbocycles. The van der Waals surface area contributed by atoms with Gasteiger partial charge in [-0.1, -0.05) is 26.8 Å². The molecule has 0 atom stereocenters. The van der Waals surface area contributed by atoms with E-state index in [-0.39, 0.29) is 16.0 Å². The van der Waals surface area contributed by atoms with E-state index in [9.17, 15) is 10.1 Å². The summed E-state index contributed by atoms with van der Waals surface area (Å²) in [6, 6.07) is 4.10. The van der Waals surface area contributed by atoms with Gasteiger partial charge in [-0.2, -0.15) is 5.10 Å². The molecule has 0 fully saturated rings. The summed E-state index contributed by atoms with van der Waals surface area (Å²) < 4.78 is 1.56. The van der Waals surface area contributed by atoms with Crippen LogP contribution >= 0.6 is 11.3 Å². The van der Waals surface area contributed by atoms with Gasteiger partial charge in [0.15, 0.2) is 0 Å². The lowest BCUT2D eigenvalue weighted by Crippen LogP contribution is -2.27. The Morgan fingerprint density at radius 1 is 1.52 bits per heavy atom. The van der Waals surface area contributed by atoms with Gasteiger partial charge in [-0.3, -0.25) is 10.1 Å². The fourth-order valence-electron chi connectivity index (χ4n) is 2.25. The lowest BCUT2D eigenvalue weighted by molar-refractivity contribution is -0.384. The molecule has 21 heavy (non-hydrogen) atoms. The third kappa shape index (κ3) is 3.07. The van der Waals surface area contributed by atoms with Gasteiger partial charge in [-0.05, 0) is 17.9 Å². The molecule has 0 bridgehead atoms. The predicted molar refractivity (Wildman–Crippen MR) is 85.1 cm³/mol. The van der Waals surface area contributed by atoms with Crippen molar-refractivity contribution in [3.05, 3.63) is 38.2 Å². The summed E-state index contributed by atoms with van der Waals surface area (Å²) in [5.41, 5.74) is 0.500. The van der Waals surface area contributed by atoms with E-state index < -0.39 is 0 Å². The van der Waals surface area contributed by atoms with Crippen molar-refractivity contribution in [3.63, 3.8) is 0 Å². The van der Waals surface area contributed by atoms with Crippen molar-refractivity contribution >= 4 is 22.8 Å². The Balaban J connectivity index is 2.24. The summed E-state index contributed by atoms with van der Waals surface area (Å²) in [6.45, 7) is 6.72. The highest BCUT2D eigenvalue weighted by Gasteiger charge is 2.28. The third-order valence-electron chi connectivity index (χ3n) is 3.50. The minimum absolute atomic E-state index is 0.0852. The number of nitrogens with one attached hydrogen (secondary N) is 1. The van der Waals surface area contributed by atoms with E-state index >= 15 is 0 Å². The highest BCUT2D eigenvalue weighted by molar-refractivity contribution is 7.10. The minimum atomic E-state index is -0.355.